The smallest absolute Gasteiger partial charge is 0.376 e. The molecule has 2 heterocycles. The maximum atomic E-state index is 13.4. The Labute approximate surface area is 180 Å². The first-order valence-corrected chi connectivity index (χ1v) is 10.4. The normalized spacial score (nSPS) is 21.3. The fraction of sp³-hybridized carbons (Fsp3) is 0.409. The first-order valence-electron chi connectivity index (χ1n) is 10.4. The number of anilines is 2. The summed E-state index contributed by atoms with van der Waals surface area (Å²) in [6.07, 6.45) is -1.32. The van der Waals surface area contributed by atoms with Crippen LogP contribution in [0.2, 0.25) is 0 Å². The van der Waals surface area contributed by atoms with E-state index in [1.165, 1.54) is 18.3 Å². The second-order valence-electron chi connectivity index (χ2n) is 8.48. The van der Waals surface area contributed by atoms with E-state index in [1.807, 2.05) is 0 Å². The van der Waals surface area contributed by atoms with Gasteiger partial charge in [0.25, 0.3) is 5.56 Å². The molecule has 7 nitrogen and oxygen atoms in total. The molecule has 1 aromatic carbocycles. The molecule has 5 rings (SSSR count). The van der Waals surface area contributed by atoms with Crippen molar-refractivity contribution in [1.29, 1.82) is 5.26 Å². The SMILES string of the molecule is N#CCC(C1CC1)n1nc(Nc2ccc3c(c2)CC[C@@]3(O)C(F)(F)F)c2c(=O)[nH]ccc21. The van der Waals surface area contributed by atoms with Crippen LogP contribution in [0.25, 0.3) is 10.9 Å². The van der Waals surface area contributed by atoms with Gasteiger partial charge in [0.2, 0.25) is 0 Å². The number of nitrogens with one attached hydrogen (secondary N) is 2. The molecule has 1 unspecified atom stereocenters. The van der Waals surface area contributed by atoms with E-state index in [2.05, 4.69) is 21.5 Å². The quantitative estimate of drug-likeness (QED) is 0.552. The second kappa shape index (κ2) is 7.10. The molecular weight excluding hydrogens is 423 g/mol. The maximum absolute atomic E-state index is 13.4. The largest absolute Gasteiger partial charge is 0.421 e. The molecule has 2 atom stereocenters. The van der Waals surface area contributed by atoms with E-state index in [1.54, 1.807) is 16.8 Å². The van der Waals surface area contributed by atoms with Gasteiger partial charge in [0.1, 0.15) is 5.39 Å². The predicted molar refractivity (Wildman–Crippen MR) is 110 cm³/mol. The second-order valence-corrected chi connectivity index (χ2v) is 8.48. The van der Waals surface area contributed by atoms with Gasteiger partial charge in [-0.3, -0.25) is 9.48 Å². The number of hydrogen-bond donors (Lipinski definition) is 3. The molecule has 2 aliphatic carbocycles. The Morgan fingerprint density at radius 2 is 2.16 bits per heavy atom. The van der Waals surface area contributed by atoms with Gasteiger partial charge in [-0.1, -0.05) is 6.07 Å². The predicted octanol–water partition coefficient (Wildman–Crippen LogP) is 4.03. The van der Waals surface area contributed by atoms with E-state index in [9.17, 15) is 28.3 Å². The molecule has 2 aliphatic rings. The first kappa shape index (κ1) is 20.6. The number of aliphatic hydroxyl groups is 1. The van der Waals surface area contributed by atoms with Gasteiger partial charge in [-0.25, -0.2) is 0 Å². The highest BCUT2D eigenvalue weighted by Gasteiger charge is 2.57. The molecule has 166 valence electrons. The molecule has 0 spiro atoms. The number of aromatic amines is 1. The average Bonchev–Trinajstić information content (AvgIpc) is 3.44. The first-order chi connectivity index (χ1) is 15.2. The molecule has 1 fully saturated rings. The summed E-state index contributed by atoms with van der Waals surface area (Å²) in [5, 5.41) is 27.4. The minimum Gasteiger partial charge on any atom is -0.376 e. The zero-order valence-corrected chi connectivity index (χ0v) is 16.9. The number of hydrogen-bond acceptors (Lipinski definition) is 5. The number of aryl methyl sites for hydroxylation is 1. The van der Waals surface area contributed by atoms with Gasteiger partial charge in [0, 0.05) is 11.9 Å². The average molecular weight is 443 g/mol. The molecule has 0 bridgehead atoms. The highest BCUT2D eigenvalue weighted by atomic mass is 19.4. The number of rotatable bonds is 5. The number of aromatic nitrogens is 3. The standard InChI is InChI=1S/C22H20F3N5O2/c23-22(24,25)21(32)8-5-13-11-14(3-4-15(13)21)28-19-18-17(7-10-27-20(18)31)30(29-19)16(6-9-26)12-1-2-12/h3-4,7,10-12,16,32H,1-2,5-6,8H2,(H,27,31)(H,28,29)/t16?,21-/m0/s1. The maximum Gasteiger partial charge on any atom is 0.421 e. The number of nitrogens with zero attached hydrogens (tertiary/aromatic N) is 3. The van der Waals surface area contributed by atoms with Crippen LogP contribution in [0.3, 0.4) is 0 Å². The Morgan fingerprint density at radius 3 is 2.84 bits per heavy atom. The summed E-state index contributed by atoms with van der Waals surface area (Å²) < 4.78 is 41.8. The van der Waals surface area contributed by atoms with Crippen LogP contribution in [-0.4, -0.2) is 26.0 Å². The summed E-state index contributed by atoms with van der Waals surface area (Å²) in [5.41, 5.74) is -1.89. The van der Waals surface area contributed by atoms with Crippen LogP contribution in [0.1, 0.15) is 42.9 Å². The minimum absolute atomic E-state index is 0.0859. The number of halogens is 3. The molecule has 3 N–H and O–H groups in total. The minimum atomic E-state index is -4.76. The summed E-state index contributed by atoms with van der Waals surface area (Å²) in [6, 6.07) is 8.03. The lowest BCUT2D eigenvalue weighted by Gasteiger charge is -2.26. The Hall–Kier alpha value is -3.32. The number of benzene rings is 1. The Morgan fingerprint density at radius 1 is 1.38 bits per heavy atom. The van der Waals surface area contributed by atoms with Gasteiger partial charge < -0.3 is 15.4 Å². The lowest BCUT2D eigenvalue weighted by molar-refractivity contribution is -0.265. The van der Waals surface area contributed by atoms with E-state index >= 15 is 0 Å². The van der Waals surface area contributed by atoms with Crippen molar-refractivity contribution in [3.05, 3.63) is 51.9 Å². The molecule has 1 saturated carbocycles. The van der Waals surface area contributed by atoms with Crippen molar-refractivity contribution in [2.45, 2.75) is 49.9 Å². The lowest BCUT2D eigenvalue weighted by atomic mass is 9.95. The summed E-state index contributed by atoms with van der Waals surface area (Å²) in [5.74, 6) is 0.597. The summed E-state index contributed by atoms with van der Waals surface area (Å²) >= 11 is 0. The molecule has 10 heteroatoms. The van der Waals surface area contributed by atoms with Gasteiger partial charge in [-0.05, 0) is 60.9 Å². The van der Waals surface area contributed by atoms with Gasteiger partial charge in [0.15, 0.2) is 11.4 Å². The summed E-state index contributed by atoms with van der Waals surface area (Å²) in [7, 11) is 0. The number of alkyl halides is 3. The highest BCUT2D eigenvalue weighted by molar-refractivity contribution is 5.91. The monoisotopic (exact) mass is 443 g/mol. The van der Waals surface area contributed by atoms with Crippen molar-refractivity contribution >= 4 is 22.4 Å². The van der Waals surface area contributed by atoms with Crippen LogP contribution in [0.5, 0.6) is 0 Å². The van der Waals surface area contributed by atoms with Crippen LogP contribution < -0.4 is 10.9 Å². The van der Waals surface area contributed by atoms with E-state index in [-0.39, 0.29) is 35.8 Å². The summed E-state index contributed by atoms with van der Waals surface area (Å²) in [6.45, 7) is 0. The molecule has 0 saturated heterocycles. The molecule has 2 aromatic heterocycles. The van der Waals surface area contributed by atoms with Gasteiger partial charge in [-0.2, -0.15) is 23.5 Å². The van der Waals surface area contributed by atoms with Crippen LogP contribution in [0.15, 0.2) is 35.3 Å². The van der Waals surface area contributed by atoms with Crippen molar-refractivity contribution in [3.63, 3.8) is 0 Å². The fourth-order valence-corrected chi connectivity index (χ4v) is 4.63. The van der Waals surface area contributed by atoms with Crippen LogP contribution in [0.4, 0.5) is 24.7 Å². The zero-order valence-electron chi connectivity index (χ0n) is 16.9. The Bertz CT molecular complexity index is 1300. The Kier molecular flexibility index (Phi) is 4.57. The van der Waals surface area contributed by atoms with Gasteiger partial charge in [-0.15, -0.1) is 0 Å². The highest BCUT2D eigenvalue weighted by Crippen LogP contribution is 2.48. The Balaban J connectivity index is 1.55. The third-order valence-corrected chi connectivity index (χ3v) is 6.45. The van der Waals surface area contributed by atoms with E-state index in [0.717, 1.165) is 12.8 Å². The molecule has 0 aliphatic heterocycles. The molecular formula is C22H20F3N5O2. The van der Waals surface area contributed by atoms with Crippen molar-refractivity contribution in [2.75, 3.05) is 5.32 Å². The molecule has 3 aromatic rings. The zero-order chi connectivity index (χ0) is 22.7. The number of H-pyrrole nitrogens is 1. The molecule has 0 radical (unpaired) electrons. The number of pyridine rings is 1. The van der Waals surface area contributed by atoms with E-state index in [0.29, 0.717) is 28.1 Å². The topological polar surface area (TPSA) is 107 Å². The van der Waals surface area contributed by atoms with Gasteiger partial charge in [0.05, 0.1) is 24.0 Å². The lowest BCUT2D eigenvalue weighted by Crippen LogP contribution is -2.40. The summed E-state index contributed by atoms with van der Waals surface area (Å²) in [4.78, 5) is 15.2. The fourth-order valence-electron chi connectivity index (χ4n) is 4.63. The van der Waals surface area contributed by atoms with Gasteiger partial charge >= 0.3 is 6.18 Å². The van der Waals surface area contributed by atoms with Crippen LogP contribution in [0, 0.1) is 17.2 Å². The van der Waals surface area contributed by atoms with E-state index in [4.69, 9.17) is 0 Å². The number of fused-ring (bicyclic) bond motifs is 2. The van der Waals surface area contributed by atoms with Crippen molar-refractivity contribution in [3.8, 4) is 6.07 Å². The third kappa shape index (κ3) is 3.15. The molecule has 0 amide bonds. The van der Waals surface area contributed by atoms with Crippen LogP contribution >= 0.6 is 0 Å². The molecule has 32 heavy (non-hydrogen) atoms. The van der Waals surface area contributed by atoms with Crippen LogP contribution in [-0.2, 0) is 12.0 Å². The van der Waals surface area contributed by atoms with Crippen molar-refractivity contribution in [1.82, 2.24) is 14.8 Å². The van der Waals surface area contributed by atoms with E-state index < -0.39 is 18.2 Å². The number of nitriles is 1. The van der Waals surface area contributed by atoms with Crippen molar-refractivity contribution < 1.29 is 18.3 Å². The van der Waals surface area contributed by atoms with Crippen molar-refractivity contribution in [2.24, 2.45) is 5.92 Å². The third-order valence-electron chi connectivity index (χ3n) is 6.45.